The van der Waals surface area contributed by atoms with E-state index in [0.717, 1.165) is 5.56 Å². The molecule has 1 atom stereocenters. The number of sulfone groups is 1. The second-order valence-corrected chi connectivity index (χ2v) is 7.85. The predicted molar refractivity (Wildman–Crippen MR) is 80.7 cm³/mol. The molecule has 0 saturated heterocycles. The van der Waals surface area contributed by atoms with Gasteiger partial charge in [0.2, 0.25) is 0 Å². The van der Waals surface area contributed by atoms with E-state index in [4.69, 9.17) is 4.74 Å². The highest BCUT2D eigenvalue weighted by molar-refractivity contribution is 7.92. The van der Waals surface area contributed by atoms with Crippen molar-refractivity contribution in [2.45, 2.75) is 38.5 Å². The second-order valence-electron chi connectivity index (χ2n) is 5.25. The summed E-state index contributed by atoms with van der Waals surface area (Å²) in [5.74, 6) is 0.650. The van der Waals surface area contributed by atoms with E-state index in [1.54, 1.807) is 26.2 Å². The Morgan fingerprint density at radius 1 is 1.35 bits per heavy atom. The molecule has 0 fully saturated rings. The van der Waals surface area contributed by atoms with Crippen LogP contribution in [0.3, 0.4) is 0 Å². The molecular weight excluding hydrogens is 276 g/mol. The molecule has 20 heavy (non-hydrogen) atoms. The molecule has 0 bridgehead atoms. The van der Waals surface area contributed by atoms with Crippen LogP contribution in [0.25, 0.3) is 0 Å². The number of pyridine rings is 1. The van der Waals surface area contributed by atoms with Crippen molar-refractivity contribution >= 4 is 9.84 Å². The van der Waals surface area contributed by atoms with Crippen molar-refractivity contribution in [1.82, 2.24) is 10.3 Å². The van der Waals surface area contributed by atoms with Gasteiger partial charge in [-0.1, -0.05) is 6.92 Å². The minimum atomic E-state index is -3.23. The average Bonchev–Trinajstić information content (AvgIpc) is 2.35. The maximum atomic E-state index is 12.1. The molecule has 0 saturated carbocycles. The zero-order chi connectivity index (χ0) is 15.4. The first-order valence-corrected chi connectivity index (χ1v) is 8.63. The molecule has 1 unspecified atom stereocenters. The minimum absolute atomic E-state index is 0.338. The Labute approximate surface area is 121 Å². The van der Waals surface area contributed by atoms with E-state index in [-0.39, 0.29) is 6.04 Å². The highest BCUT2D eigenvalue weighted by Crippen LogP contribution is 2.33. The van der Waals surface area contributed by atoms with Gasteiger partial charge in [0.25, 0.3) is 0 Å². The molecule has 1 aromatic heterocycles. The lowest BCUT2D eigenvalue weighted by Gasteiger charge is -2.33. The van der Waals surface area contributed by atoms with Gasteiger partial charge in [-0.15, -0.1) is 0 Å². The van der Waals surface area contributed by atoms with E-state index in [9.17, 15) is 8.42 Å². The SMILES string of the molecule is CCNC(c1cncc(OCC)c1)C(C)(C)S(C)(=O)=O. The van der Waals surface area contributed by atoms with Crippen LogP contribution in [-0.2, 0) is 9.84 Å². The summed E-state index contributed by atoms with van der Waals surface area (Å²) in [5, 5.41) is 3.24. The molecule has 0 spiro atoms. The van der Waals surface area contributed by atoms with Crippen LogP contribution >= 0.6 is 0 Å². The Hall–Kier alpha value is -1.14. The first-order valence-electron chi connectivity index (χ1n) is 6.74. The Bertz CT molecular complexity index is 541. The van der Waals surface area contributed by atoms with Crippen LogP contribution in [0.4, 0.5) is 0 Å². The molecule has 0 aromatic carbocycles. The fraction of sp³-hybridized carbons (Fsp3) is 0.643. The number of nitrogens with one attached hydrogen (secondary N) is 1. The molecule has 0 amide bonds. The van der Waals surface area contributed by atoms with Gasteiger partial charge >= 0.3 is 0 Å². The third kappa shape index (κ3) is 3.70. The highest BCUT2D eigenvalue weighted by Gasteiger charge is 2.39. The quantitative estimate of drug-likeness (QED) is 0.833. The molecule has 0 radical (unpaired) electrons. The molecule has 0 aliphatic rings. The number of hydrogen-bond donors (Lipinski definition) is 1. The van der Waals surface area contributed by atoms with Crippen LogP contribution in [-0.4, -0.2) is 37.6 Å². The Morgan fingerprint density at radius 3 is 2.50 bits per heavy atom. The Balaban J connectivity index is 3.24. The summed E-state index contributed by atoms with van der Waals surface area (Å²) in [5.41, 5.74) is 0.813. The van der Waals surface area contributed by atoms with E-state index in [0.29, 0.717) is 18.9 Å². The van der Waals surface area contributed by atoms with Crippen LogP contribution in [0.2, 0.25) is 0 Å². The number of aromatic nitrogens is 1. The van der Waals surface area contributed by atoms with Crippen molar-refractivity contribution < 1.29 is 13.2 Å². The largest absolute Gasteiger partial charge is 0.492 e. The predicted octanol–water partition coefficient (Wildman–Crippen LogP) is 1.95. The third-order valence-electron chi connectivity index (χ3n) is 3.44. The summed E-state index contributed by atoms with van der Waals surface area (Å²) in [7, 11) is -3.23. The van der Waals surface area contributed by atoms with Crippen molar-refractivity contribution in [2.24, 2.45) is 0 Å². The lowest BCUT2D eigenvalue weighted by molar-refractivity contribution is 0.337. The van der Waals surface area contributed by atoms with Crippen LogP contribution in [0.5, 0.6) is 5.75 Å². The molecule has 114 valence electrons. The van der Waals surface area contributed by atoms with Gasteiger partial charge in [-0.3, -0.25) is 4.98 Å². The zero-order valence-corrected chi connectivity index (χ0v) is 13.6. The molecule has 1 heterocycles. The minimum Gasteiger partial charge on any atom is -0.492 e. The fourth-order valence-electron chi connectivity index (χ4n) is 2.02. The zero-order valence-electron chi connectivity index (χ0n) is 12.8. The van der Waals surface area contributed by atoms with E-state index >= 15 is 0 Å². The highest BCUT2D eigenvalue weighted by atomic mass is 32.2. The summed E-state index contributed by atoms with van der Waals surface area (Å²) in [6, 6.07) is 1.51. The van der Waals surface area contributed by atoms with Crippen molar-refractivity contribution in [2.75, 3.05) is 19.4 Å². The molecule has 6 heteroatoms. The standard InChI is InChI=1S/C14H24N2O3S/c1-6-16-13(14(3,4)20(5,17)18)11-8-12(19-7-2)10-15-9-11/h8-10,13,16H,6-7H2,1-5H3. The second kappa shape index (κ2) is 6.54. The molecular formula is C14H24N2O3S. The van der Waals surface area contributed by atoms with Gasteiger partial charge in [-0.25, -0.2) is 8.42 Å². The molecule has 5 nitrogen and oxygen atoms in total. The van der Waals surface area contributed by atoms with Gasteiger partial charge < -0.3 is 10.1 Å². The molecule has 0 aliphatic carbocycles. The average molecular weight is 300 g/mol. The van der Waals surface area contributed by atoms with Crippen molar-refractivity contribution in [1.29, 1.82) is 0 Å². The van der Waals surface area contributed by atoms with E-state index < -0.39 is 14.6 Å². The van der Waals surface area contributed by atoms with E-state index in [2.05, 4.69) is 10.3 Å². The van der Waals surface area contributed by atoms with Crippen molar-refractivity contribution in [3.63, 3.8) is 0 Å². The first kappa shape index (κ1) is 16.9. The third-order valence-corrected chi connectivity index (χ3v) is 5.58. The first-order chi connectivity index (χ1) is 9.24. The van der Waals surface area contributed by atoms with Gasteiger partial charge in [-0.05, 0) is 38.9 Å². The van der Waals surface area contributed by atoms with E-state index in [1.807, 2.05) is 19.9 Å². The maximum Gasteiger partial charge on any atom is 0.154 e. The summed E-state index contributed by atoms with van der Waals surface area (Å²) >= 11 is 0. The number of hydrogen-bond acceptors (Lipinski definition) is 5. The summed E-state index contributed by atoms with van der Waals surface area (Å²) in [6.45, 7) is 8.51. The number of ether oxygens (including phenoxy) is 1. The topological polar surface area (TPSA) is 68.3 Å². The van der Waals surface area contributed by atoms with Crippen LogP contribution < -0.4 is 10.1 Å². The maximum absolute atomic E-state index is 12.1. The van der Waals surface area contributed by atoms with Gasteiger partial charge in [0.05, 0.1) is 23.6 Å². The summed E-state index contributed by atoms with van der Waals surface area (Å²) < 4.78 is 28.6. The molecule has 1 aromatic rings. The Kier molecular flexibility index (Phi) is 5.53. The van der Waals surface area contributed by atoms with Gasteiger partial charge in [0.15, 0.2) is 9.84 Å². The fourth-order valence-corrected chi connectivity index (χ4v) is 2.67. The monoisotopic (exact) mass is 300 g/mol. The molecule has 1 rings (SSSR count). The molecule has 0 aliphatic heterocycles. The smallest absolute Gasteiger partial charge is 0.154 e. The normalized spacial score (nSPS) is 14.1. The Morgan fingerprint density at radius 2 is 2.00 bits per heavy atom. The lowest BCUT2D eigenvalue weighted by atomic mass is 9.96. The molecule has 1 N–H and O–H groups in total. The lowest BCUT2D eigenvalue weighted by Crippen LogP contribution is -2.45. The van der Waals surface area contributed by atoms with E-state index in [1.165, 1.54) is 6.26 Å². The summed E-state index contributed by atoms with van der Waals surface area (Å²) in [4.78, 5) is 4.14. The van der Waals surface area contributed by atoms with Crippen LogP contribution in [0.15, 0.2) is 18.5 Å². The van der Waals surface area contributed by atoms with Gasteiger partial charge in [0, 0.05) is 12.5 Å². The van der Waals surface area contributed by atoms with Crippen LogP contribution in [0, 0.1) is 0 Å². The van der Waals surface area contributed by atoms with Crippen LogP contribution in [0.1, 0.15) is 39.3 Å². The number of nitrogens with zero attached hydrogens (tertiary/aromatic N) is 1. The summed E-state index contributed by atoms with van der Waals surface area (Å²) in [6.07, 6.45) is 4.57. The van der Waals surface area contributed by atoms with Crippen molar-refractivity contribution in [3.8, 4) is 5.75 Å². The van der Waals surface area contributed by atoms with Crippen molar-refractivity contribution in [3.05, 3.63) is 24.0 Å². The van der Waals surface area contributed by atoms with Gasteiger partial charge in [0.1, 0.15) is 5.75 Å². The number of rotatable bonds is 7. The van der Waals surface area contributed by atoms with Gasteiger partial charge in [-0.2, -0.15) is 0 Å².